The molecule has 7 rings (SSSR count). The Hall–Kier alpha value is -4.59. The molecule has 0 bridgehead atoms. The number of pyridine rings is 4. The predicted molar refractivity (Wildman–Crippen MR) is 143 cm³/mol. The zero-order valence-corrected chi connectivity index (χ0v) is 20.2. The third-order valence-corrected chi connectivity index (χ3v) is 7.10. The summed E-state index contributed by atoms with van der Waals surface area (Å²) in [4.78, 5) is 21.2. The van der Waals surface area contributed by atoms with Crippen LogP contribution in [-0.4, -0.2) is 41.2 Å². The van der Waals surface area contributed by atoms with Crippen LogP contribution in [0.4, 0.5) is 0 Å². The summed E-state index contributed by atoms with van der Waals surface area (Å²) < 4.78 is 6.25. The number of ether oxygens (including phenoxy) is 1. The van der Waals surface area contributed by atoms with Crippen molar-refractivity contribution in [3.63, 3.8) is 0 Å². The lowest BCUT2D eigenvalue weighted by molar-refractivity contribution is 0.154. The van der Waals surface area contributed by atoms with Crippen LogP contribution in [0.2, 0.25) is 0 Å². The van der Waals surface area contributed by atoms with Crippen LogP contribution in [0, 0.1) is 0 Å². The third kappa shape index (κ3) is 4.10. The van der Waals surface area contributed by atoms with Crippen molar-refractivity contribution in [2.45, 2.75) is 38.2 Å². The smallest absolute Gasteiger partial charge is 0.155 e. The number of hydrogen-bond donors (Lipinski definition) is 2. The molecular formula is C29H25N7O. The Kier molecular flexibility index (Phi) is 5.35. The maximum Gasteiger partial charge on any atom is 0.155 e. The van der Waals surface area contributed by atoms with E-state index in [4.69, 9.17) is 4.74 Å². The highest BCUT2D eigenvalue weighted by molar-refractivity contribution is 5.99. The molecule has 6 aromatic heterocycles. The van der Waals surface area contributed by atoms with Crippen LogP contribution in [-0.2, 0) is 0 Å². The molecule has 8 nitrogen and oxygen atoms in total. The molecule has 8 heteroatoms. The number of aromatic nitrogens is 7. The van der Waals surface area contributed by atoms with Crippen LogP contribution in [0.25, 0.3) is 55.7 Å². The standard InChI is InChI=1S/C29H25N7O/c1-2-4-21(5-3-1)37-22-12-19(15-31-17-22)20-13-25-27(35-36-29(25)33-16-20)26-14-24-23(8-11-32-28(24)34-26)18-6-9-30-10-7-18/h6-17,21H,1-5H2,(H,32,34)(H,33,35,36). The molecule has 0 aromatic carbocycles. The van der Waals surface area contributed by atoms with Crippen molar-refractivity contribution in [3.05, 3.63) is 73.6 Å². The van der Waals surface area contributed by atoms with E-state index in [0.29, 0.717) is 0 Å². The second kappa shape index (κ2) is 9.13. The van der Waals surface area contributed by atoms with Gasteiger partial charge in [0.2, 0.25) is 0 Å². The molecule has 0 amide bonds. The van der Waals surface area contributed by atoms with Gasteiger partial charge in [-0.1, -0.05) is 6.42 Å². The van der Waals surface area contributed by atoms with Gasteiger partial charge in [0.15, 0.2) is 5.65 Å². The Labute approximate surface area is 213 Å². The highest BCUT2D eigenvalue weighted by Crippen LogP contribution is 2.34. The third-order valence-electron chi connectivity index (χ3n) is 7.10. The van der Waals surface area contributed by atoms with E-state index in [9.17, 15) is 0 Å². The Morgan fingerprint density at radius 2 is 1.59 bits per heavy atom. The lowest BCUT2D eigenvalue weighted by atomic mass is 9.98. The molecule has 1 saturated carbocycles. The molecule has 37 heavy (non-hydrogen) atoms. The van der Waals surface area contributed by atoms with Gasteiger partial charge in [0.05, 0.1) is 18.0 Å². The summed E-state index contributed by atoms with van der Waals surface area (Å²) in [7, 11) is 0. The van der Waals surface area contributed by atoms with Crippen molar-refractivity contribution < 1.29 is 4.74 Å². The largest absolute Gasteiger partial charge is 0.489 e. The highest BCUT2D eigenvalue weighted by Gasteiger charge is 2.17. The number of rotatable bonds is 5. The molecule has 1 aliphatic carbocycles. The fourth-order valence-corrected chi connectivity index (χ4v) is 5.22. The van der Waals surface area contributed by atoms with Gasteiger partial charge in [-0.15, -0.1) is 0 Å². The van der Waals surface area contributed by atoms with E-state index in [-0.39, 0.29) is 6.10 Å². The maximum atomic E-state index is 6.25. The first kappa shape index (κ1) is 21.7. The average molecular weight is 488 g/mol. The van der Waals surface area contributed by atoms with E-state index in [1.54, 1.807) is 18.6 Å². The second-order valence-corrected chi connectivity index (χ2v) is 9.52. The molecule has 0 saturated heterocycles. The Bertz CT molecular complexity index is 1700. The van der Waals surface area contributed by atoms with E-state index in [1.807, 2.05) is 36.8 Å². The topological polar surface area (TPSA) is 105 Å². The Morgan fingerprint density at radius 1 is 0.730 bits per heavy atom. The van der Waals surface area contributed by atoms with Crippen molar-refractivity contribution in [2.24, 2.45) is 0 Å². The minimum atomic E-state index is 0.277. The summed E-state index contributed by atoms with van der Waals surface area (Å²) in [6.07, 6.45) is 17.2. The zero-order chi connectivity index (χ0) is 24.6. The van der Waals surface area contributed by atoms with Gasteiger partial charge in [-0.2, -0.15) is 5.10 Å². The summed E-state index contributed by atoms with van der Waals surface area (Å²) in [5.74, 6) is 0.808. The monoisotopic (exact) mass is 487 g/mol. The fourth-order valence-electron chi connectivity index (χ4n) is 5.22. The number of H-pyrrole nitrogens is 2. The van der Waals surface area contributed by atoms with E-state index >= 15 is 0 Å². The quantitative estimate of drug-likeness (QED) is 0.294. The summed E-state index contributed by atoms with van der Waals surface area (Å²) in [5.41, 5.74) is 7.31. The zero-order valence-electron chi connectivity index (χ0n) is 20.2. The number of nitrogens with zero attached hydrogens (tertiary/aromatic N) is 5. The molecule has 182 valence electrons. The molecule has 2 N–H and O–H groups in total. The van der Waals surface area contributed by atoms with Gasteiger partial charge in [0, 0.05) is 52.9 Å². The summed E-state index contributed by atoms with van der Waals surface area (Å²) in [6.45, 7) is 0. The minimum Gasteiger partial charge on any atom is -0.489 e. The molecule has 1 aliphatic rings. The van der Waals surface area contributed by atoms with Gasteiger partial charge < -0.3 is 9.72 Å². The number of aromatic amines is 2. The van der Waals surface area contributed by atoms with Crippen molar-refractivity contribution >= 4 is 22.1 Å². The summed E-state index contributed by atoms with van der Waals surface area (Å²) in [6, 6.07) is 12.3. The molecule has 0 aliphatic heterocycles. The normalized spacial score (nSPS) is 14.4. The van der Waals surface area contributed by atoms with Crippen molar-refractivity contribution in [1.29, 1.82) is 0 Å². The second-order valence-electron chi connectivity index (χ2n) is 9.52. The molecule has 1 fully saturated rings. The van der Waals surface area contributed by atoms with Gasteiger partial charge in [-0.05, 0) is 73.2 Å². The Morgan fingerprint density at radius 3 is 2.49 bits per heavy atom. The lowest BCUT2D eigenvalue weighted by Crippen LogP contribution is -2.19. The number of fused-ring (bicyclic) bond motifs is 2. The lowest BCUT2D eigenvalue weighted by Gasteiger charge is -2.23. The van der Waals surface area contributed by atoms with E-state index in [0.717, 1.165) is 74.3 Å². The number of nitrogens with one attached hydrogen (secondary N) is 2. The fraction of sp³-hybridized carbons (Fsp3) is 0.207. The minimum absolute atomic E-state index is 0.277. The maximum absolute atomic E-state index is 6.25. The summed E-state index contributed by atoms with van der Waals surface area (Å²) in [5, 5.41) is 9.62. The molecule has 0 radical (unpaired) electrons. The molecule has 0 atom stereocenters. The van der Waals surface area contributed by atoms with Gasteiger partial charge >= 0.3 is 0 Å². The predicted octanol–water partition coefficient (Wildman–Crippen LogP) is 6.34. The number of hydrogen-bond acceptors (Lipinski definition) is 6. The van der Waals surface area contributed by atoms with Gasteiger partial charge in [0.25, 0.3) is 0 Å². The van der Waals surface area contributed by atoms with E-state index in [1.165, 1.54) is 19.3 Å². The Balaban J connectivity index is 1.26. The SMILES string of the molecule is c1cc(-c2ccnc3[nH]c(-c4n[nH]c5ncc(-c6cncc(OC7CCCCC7)c6)cc45)cc23)ccn1. The first-order valence-corrected chi connectivity index (χ1v) is 12.7. The van der Waals surface area contributed by atoms with E-state index in [2.05, 4.69) is 53.3 Å². The molecule has 6 heterocycles. The first-order valence-electron chi connectivity index (χ1n) is 12.7. The van der Waals surface area contributed by atoms with Crippen LogP contribution in [0.15, 0.2) is 73.6 Å². The van der Waals surface area contributed by atoms with Gasteiger partial charge in [-0.3, -0.25) is 15.1 Å². The van der Waals surface area contributed by atoms with Crippen molar-refractivity contribution in [3.8, 4) is 39.4 Å². The molecular weight excluding hydrogens is 462 g/mol. The van der Waals surface area contributed by atoms with Crippen LogP contribution in [0.3, 0.4) is 0 Å². The van der Waals surface area contributed by atoms with Gasteiger partial charge in [-0.25, -0.2) is 9.97 Å². The molecule has 6 aromatic rings. The van der Waals surface area contributed by atoms with Gasteiger partial charge in [0.1, 0.15) is 17.1 Å². The molecule has 0 spiro atoms. The van der Waals surface area contributed by atoms with Crippen LogP contribution in [0.1, 0.15) is 32.1 Å². The first-order chi connectivity index (χ1) is 18.3. The van der Waals surface area contributed by atoms with Crippen LogP contribution >= 0.6 is 0 Å². The highest BCUT2D eigenvalue weighted by atomic mass is 16.5. The van der Waals surface area contributed by atoms with Crippen molar-refractivity contribution in [2.75, 3.05) is 0 Å². The summed E-state index contributed by atoms with van der Waals surface area (Å²) >= 11 is 0. The van der Waals surface area contributed by atoms with Crippen LogP contribution < -0.4 is 4.74 Å². The van der Waals surface area contributed by atoms with Crippen LogP contribution in [0.5, 0.6) is 5.75 Å². The van der Waals surface area contributed by atoms with E-state index < -0.39 is 0 Å². The molecule has 0 unspecified atom stereocenters. The average Bonchev–Trinajstić information content (AvgIpc) is 3.58. The van der Waals surface area contributed by atoms with Crippen molar-refractivity contribution in [1.82, 2.24) is 35.1 Å².